The highest BCUT2D eigenvalue weighted by Crippen LogP contribution is 2.21. The van der Waals surface area contributed by atoms with Crippen molar-refractivity contribution in [2.24, 2.45) is 0 Å². The Kier molecular flexibility index (Phi) is 1.64. The first-order valence-electron chi connectivity index (χ1n) is 4.34. The lowest BCUT2D eigenvalue weighted by Crippen LogP contribution is -1.81. The summed E-state index contributed by atoms with van der Waals surface area (Å²) in [6, 6.07) is 10.2. The number of aromatic nitrogens is 2. The fraction of sp³-hybridized carbons (Fsp3) is 0. The number of benzene rings is 1. The molecule has 2 aromatic heterocycles. The summed E-state index contributed by atoms with van der Waals surface area (Å²) in [5.41, 5.74) is 2.18. The van der Waals surface area contributed by atoms with Gasteiger partial charge in [-0.3, -0.25) is 4.40 Å². The van der Waals surface area contributed by atoms with E-state index in [1.807, 2.05) is 29.8 Å². The van der Waals surface area contributed by atoms with Gasteiger partial charge in [-0.1, -0.05) is 30.3 Å². The molecule has 14 heavy (non-hydrogen) atoms. The SMILES string of the molecule is [c]1nc2sccn2c1-c1ccccc1. The van der Waals surface area contributed by atoms with E-state index >= 15 is 0 Å². The lowest BCUT2D eigenvalue weighted by atomic mass is 10.2. The van der Waals surface area contributed by atoms with Crippen molar-refractivity contribution in [2.75, 3.05) is 0 Å². The number of fused-ring (bicyclic) bond motifs is 1. The molecule has 3 aromatic rings. The Bertz CT molecular complexity index is 551. The summed E-state index contributed by atoms with van der Waals surface area (Å²) < 4.78 is 2.06. The smallest absolute Gasteiger partial charge is 0.194 e. The van der Waals surface area contributed by atoms with Gasteiger partial charge in [-0.25, -0.2) is 4.98 Å². The van der Waals surface area contributed by atoms with E-state index in [0.717, 1.165) is 16.2 Å². The molecule has 0 aliphatic carbocycles. The third-order valence-electron chi connectivity index (χ3n) is 2.14. The van der Waals surface area contributed by atoms with Crippen molar-refractivity contribution in [3.63, 3.8) is 0 Å². The van der Waals surface area contributed by atoms with Gasteiger partial charge in [0, 0.05) is 17.1 Å². The largest absolute Gasteiger partial charge is 0.290 e. The third kappa shape index (κ3) is 1.06. The standard InChI is InChI=1S/C11H7N2S/c1-2-4-9(5-3-1)10-8-12-11-13(10)6-7-14-11/h1-7H. The number of nitrogens with zero attached hydrogens (tertiary/aromatic N) is 2. The van der Waals surface area contributed by atoms with Crippen LogP contribution >= 0.6 is 11.3 Å². The summed E-state index contributed by atoms with van der Waals surface area (Å²) in [5.74, 6) is 0. The summed E-state index contributed by atoms with van der Waals surface area (Å²) in [6.45, 7) is 0. The summed E-state index contributed by atoms with van der Waals surface area (Å²) >= 11 is 1.62. The van der Waals surface area contributed by atoms with Crippen LogP contribution in [0.5, 0.6) is 0 Å². The van der Waals surface area contributed by atoms with E-state index in [2.05, 4.69) is 27.7 Å². The molecule has 0 bridgehead atoms. The maximum atomic E-state index is 4.21. The zero-order valence-corrected chi connectivity index (χ0v) is 8.16. The molecule has 3 rings (SSSR count). The molecule has 2 heterocycles. The Morgan fingerprint density at radius 1 is 1.21 bits per heavy atom. The van der Waals surface area contributed by atoms with Crippen LogP contribution in [0.4, 0.5) is 0 Å². The van der Waals surface area contributed by atoms with E-state index < -0.39 is 0 Å². The van der Waals surface area contributed by atoms with Gasteiger partial charge >= 0.3 is 0 Å². The molecule has 1 aromatic carbocycles. The van der Waals surface area contributed by atoms with Crippen molar-refractivity contribution in [3.8, 4) is 11.3 Å². The summed E-state index contributed by atoms with van der Waals surface area (Å²) in [6.07, 6.45) is 5.05. The third-order valence-corrected chi connectivity index (χ3v) is 2.89. The van der Waals surface area contributed by atoms with Crippen LogP contribution in [0.2, 0.25) is 0 Å². The zero-order valence-electron chi connectivity index (χ0n) is 7.34. The minimum Gasteiger partial charge on any atom is -0.290 e. The highest BCUT2D eigenvalue weighted by molar-refractivity contribution is 7.15. The van der Waals surface area contributed by atoms with Gasteiger partial charge in [0.2, 0.25) is 0 Å². The van der Waals surface area contributed by atoms with Crippen LogP contribution in [-0.2, 0) is 0 Å². The zero-order chi connectivity index (χ0) is 9.38. The van der Waals surface area contributed by atoms with Crippen LogP contribution < -0.4 is 0 Å². The normalized spacial score (nSPS) is 10.9. The first kappa shape index (κ1) is 7.76. The van der Waals surface area contributed by atoms with Gasteiger partial charge in [0.05, 0.1) is 5.69 Å². The van der Waals surface area contributed by atoms with Crippen LogP contribution in [0.25, 0.3) is 16.2 Å². The van der Waals surface area contributed by atoms with Gasteiger partial charge < -0.3 is 0 Å². The predicted molar refractivity (Wildman–Crippen MR) is 57.3 cm³/mol. The summed E-state index contributed by atoms with van der Waals surface area (Å²) in [5, 5.41) is 2.03. The Hall–Kier alpha value is -1.61. The molecule has 0 atom stereocenters. The lowest BCUT2D eigenvalue weighted by Gasteiger charge is -1.96. The molecule has 1 radical (unpaired) electrons. The van der Waals surface area contributed by atoms with E-state index in [-0.39, 0.29) is 0 Å². The van der Waals surface area contributed by atoms with E-state index in [0.29, 0.717) is 0 Å². The number of thiazole rings is 1. The van der Waals surface area contributed by atoms with Crippen molar-refractivity contribution >= 4 is 16.3 Å². The van der Waals surface area contributed by atoms with E-state index in [1.54, 1.807) is 11.3 Å². The molecule has 0 fully saturated rings. The van der Waals surface area contributed by atoms with Crippen molar-refractivity contribution in [1.29, 1.82) is 0 Å². The molecule has 0 amide bonds. The van der Waals surface area contributed by atoms with Gasteiger partial charge in [-0.15, -0.1) is 11.3 Å². The molecule has 0 spiro atoms. The van der Waals surface area contributed by atoms with Crippen LogP contribution in [0.1, 0.15) is 0 Å². The molecule has 0 aliphatic heterocycles. The fourth-order valence-electron chi connectivity index (χ4n) is 1.48. The number of hydrogen-bond donors (Lipinski definition) is 0. The highest BCUT2D eigenvalue weighted by Gasteiger charge is 2.05. The molecule has 0 aliphatic rings. The number of hydrogen-bond acceptors (Lipinski definition) is 2. The van der Waals surface area contributed by atoms with Gasteiger partial charge in [-0.05, 0) is 0 Å². The van der Waals surface area contributed by atoms with Gasteiger partial charge in [0.1, 0.15) is 6.20 Å². The highest BCUT2D eigenvalue weighted by atomic mass is 32.1. The van der Waals surface area contributed by atoms with Crippen LogP contribution in [0.15, 0.2) is 41.9 Å². The monoisotopic (exact) mass is 199 g/mol. The van der Waals surface area contributed by atoms with Crippen molar-refractivity contribution in [3.05, 3.63) is 48.1 Å². The average molecular weight is 199 g/mol. The Morgan fingerprint density at radius 3 is 2.93 bits per heavy atom. The van der Waals surface area contributed by atoms with Gasteiger partial charge in [-0.2, -0.15) is 0 Å². The van der Waals surface area contributed by atoms with E-state index in [1.165, 1.54) is 0 Å². The lowest BCUT2D eigenvalue weighted by molar-refractivity contribution is 1.23. The number of rotatable bonds is 1. The molecule has 0 saturated heterocycles. The van der Waals surface area contributed by atoms with Crippen molar-refractivity contribution in [1.82, 2.24) is 9.38 Å². The van der Waals surface area contributed by atoms with Crippen molar-refractivity contribution in [2.45, 2.75) is 0 Å². The molecule has 2 nitrogen and oxygen atoms in total. The molecular weight excluding hydrogens is 192 g/mol. The summed E-state index contributed by atoms with van der Waals surface area (Å²) in [7, 11) is 0. The minimum atomic E-state index is 0.990. The number of imidazole rings is 1. The Labute approximate surface area is 85.5 Å². The molecule has 0 saturated carbocycles. The molecule has 3 heteroatoms. The fourth-order valence-corrected chi connectivity index (χ4v) is 2.15. The molecule has 67 valence electrons. The van der Waals surface area contributed by atoms with Gasteiger partial charge in [0.15, 0.2) is 4.96 Å². The van der Waals surface area contributed by atoms with Gasteiger partial charge in [0.25, 0.3) is 0 Å². The van der Waals surface area contributed by atoms with E-state index in [4.69, 9.17) is 0 Å². The first-order valence-corrected chi connectivity index (χ1v) is 5.22. The van der Waals surface area contributed by atoms with Crippen LogP contribution in [-0.4, -0.2) is 9.38 Å². The topological polar surface area (TPSA) is 17.3 Å². The Morgan fingerprint density at radius 2 is 2.07 bits per heavy atom. The van der Waals surface area contributed by atoms with Crippen LogP contribution in [0, 0.1) is 6.20 Å². The predicted octanol–water partition coefficient (Wildman–Crippen LogP) is 2.86. The maximum absolute atomic E-state index is 4.21. The summed E-state index contributed by atoms with van der Waals surface area (Å²) in [4.78, 5) is 5.20. The van der Waals surface area contributed by atoms with Crippen LogP contribution in [0.3, 0.4) is 0 Å². The minimum absolute atomic E-state index is 0.990. The van der Waals surface area contributed by atoms with E-state index in [9.17, 15) is 0 Å². The second-order valence-corrected chi connectivity index (χ2v) is 3.87. The Balaban J connectivity index is 2.28. The molecular formula is C11H7N2S. The van der Waals surface area contributed by atoms with Crippen molar-refractivity contribution < 1.29 is 0 Å². The maximum Gasteiger partial charge on any atom is 0.194 e. The second kappa shape index (κ2) is 2.96. The molecule has 0 N–H and O–H groups in total. The first-order chi connectivity index (χ1) is 6.95. The molecule has 0 unspecified atom stereocenters. The second-order valence-electron chi connectivity index (χ2n) is 2.99. The average Bonchev–Trinajstić information content (AvgIpc) is 2.79. The quantitative estimate of drug-likeness (QED) is 0.589.